The lowest BCUT2D eigenvalue weighted by atomic mass is 10.2. The molecule has 0 aliphatic heterocycles. The Labute approximate surface area is 139 Å². The lowest BCUT2D eigenvalue weighted by Gasteiger charge is -2.08. The van der Waals surface area contributed by atoms with E-state index in [4.69, 9.17) is 23.2 Å². The van der Waals surface area contributed by atoms with Gasteiger partial charge in [-0.05, 0) is 24.3 Å². The smallest absolute Gasteiger partial charge is 0.387 e. The van der Waals surface area contributed by atoms with Crippen molar-refractivity contribution in [2.45, 2.75) is 13.2 Å². The van der Waals surface area contributed by atoms with E-state index in [2.05, 4.69) is 15.0 Å². The first-order chi connectivity index (χ1) is 10.9. The molecule has 0 spiro atoms. The number of halogens is 4. The first-order valence-electron chi connectivity index (χ1n) is 6.22. The lowest BCUT2D eigenvalue weighted by molar-refractivity contribution is -0.0500. The lowest BCUT2D eigenvalue weighted by Crippen LogP contribution is -2.23. The Morgan fingerprint density at radius 2 is 1.96 bits per heavy atom. The molecular weight excluding hydrogens is 353 g/mol. The van der Waals surface area contributed by atoms with Gasteiger partial charge in [0, 0.05) is 5.56 Å². The summed E-state index contributed by atoms with van der Waals surface area (Å²) >= 11 is 11.5. The summed E-state index contributed by atoms with van der Waals surface area (Å²) in [6, 6.07) is 5.29. The Hall–Kier alpha value is -2.12. The van der Waals surface area contributed by atoms with Crippen LogP contribution in [0.2, 0.25) is 10.0 Å². The minimum absolute atomic E-state index is 0.0470. The fourth-order valence-electron chi connectivity index (χ4n) is 1.66. The fourth-order valence-corrected chi connectivity index (χ4v) is 2.14. The fraction of sp³-hybridized carbons (Fsp3) is 0.143. The summed E-state index contributed by atoms with van der Waals surface area (Å²) in [5.74, 6) is -0.864. The molecule has 0 atom stereocenters. The number of phenolic OH excluding ortho intramolecular Hbond substituents is 1. The summed E-state index contributed by atoms with van der Waals surface area (Å²) in [7, 11) is 0. The molecule has 0 saturated carbocycles. The molecule has 0 aliphatic rings. The molecule has 1 heterocycles. The number of aromatic hydroxyl groups is 1. The number of carbonyl (C=O) groups is 1. The van der Waals surface area contributed by atoms with Gasteiger partial charge in [-0.15, -0.1) is 0 Å². The van der Waals surface area contributed by atoms with E-state index in [1.54, 1.807) is 0 Å². The Morgan fingerprint density at radius 3 is 2.48 bits per heavy atom. The summed E-state index contributed by atoms with van der Waals surface area (Å²) in [6.07, 6.45) is 1.13. The number of pyridine rings is 1. The third-order valence-electron chi connectivity index (χ3n) is 2.73. The van der Waals surface area contributed by atoms with Gasteiger partial charge in [-0.2, -0.15) is 8.78 Å². The van der Waals surface area contributed by atoms with Crippen molar-refractivity contribution in [2.24, 2.45) is 0 Å². The van der Waals surface area contributed by atoms with E-state index < -0.39 is 12.5 Å². The molecule has 5 nitrogen and oxygen atoms in total. The van der Waals surface area contributed by atoms with Crippen molar-refractivity contribution in [2.75, 3.05) is 0 Å². The van der Waals surface area contributed by atoms with Crippen LogP contribution in [0.5, 0.6) is 11.5 Å². The van der Waals surface area contributed by atoms with Gasteiger partial charge in [0.05, 0.1) is 28.5 Å². The Bertz CT molecular complexity index is 689. The van der Waals surface area contributed by atoms with Crippen molar-refractivity contribution in [1.82, 2.24) is 10.3 Å². The van der Waals surface area contributed by atoms with Gasteiger partial charge >= 0.3 is 6.61 Å². The van der Waals surface area contributed by atoms with Gasteiger partial charge in [0.2, 0.25) is 0 Å². The largest absolute Gasteiger partial charge is 0.505 e. The van der Waals surface area contributed by atoms with Crippen LogP contribution < -0.4 is 10.1 Å². The summed E-state index contributed by atoms with van der Waals surface area (Å²) in [4.78, 5) is 15.9. The van der Waals surface area contributed by atoms with Gasteiger partial charge in [0.25, 0.3) is 5.91 Å². The summed E-state index contributed by atoms with van der Waals surface area (Å²) in [6.45, 7) is -2.87. The molecule has 23 heavy (non-hydrogen) atoms. The number of phenols is 1. The van der Waals surface area contributed by atoms with Gasteiger partial charge in [-0.1, -0.05) is 23.2 Å². The number of hydrogen-bond acceptors (Lipinski definition) is 4. The van der Waals surface area contributed by atoms with Gasteiger partial charge in [-0.25, -0.2) is 0 Å². The molecular formula is C14H10Cl2F2N2O3. The van der Waals surface area contributed by atoms with E-state index in [1.807, 2.05) is 0 Å². The van der Waals surface area contributed by atoms with Crippen LogP contribution in [0.15, 0.2) is 30.5 Å². The Kier molecular flexibility index (Phi) is 5.57. The number of benzene rings is 1. The van der Waals surface area contributed by atoms with Crippen LogP contribution in [-0.4, -0.2) is 22.6 Å². The number of nitrogens with zero attached hydrogens (tertiary/aromatic N) is 1. The molecule has 1 aromatic heterocycles. The molecule has 2 rings (SSSR count). The molecule has 0 unspecified atom stereocenters. The highest BCUT2D eigenvalue weighted by Crippen LogP contribution is 2.32. The molecule has 0 aliphatic carbocycles. The van der Waals surface area contributed by atoms with Crippen molar-refractivity contribution in [3.63, 3.8) is 0 Å². The standard InChI is InChI=1S/C14H10Cl2F2N2O3/c15-10-3-7(4-11(16)12(10)21)13(22)20-5-8-1-2-9(6-19-8)23-14(17)18/h1-4,6,14,21H,5H2,(H,20,22). The highest BCUT2D eigenvalue weighted by atomic mass is 35.5. The third kappa shape index (κ3) is 4.67. The van der Waals surface area contributed by atoms with Crippen LogP contribution in [0.1, 0.15) is 16.1 Å². The zero-order chi connectivity index (χ0) is 17.0. The molecule has 1 amide bonds. The second-order valence-corrected chi connectivity index (χ2v) is 5.15. The monoisotopic (exact) mass is 362 g/mol. The zero-order valence-electron chi connectivity index (χ0n) is 11.4. The second kappa shape index (κ2) is 7.43. The van der Waals surface area contributed by atoms with Crippen molar-refractivity contribution < 1.29 is 23.4 Å². The maximum absolute atomic E-state index is 12.0. The normalized spacial score (nSPS) is 10.7. The molecule has 2 N–H and O–H groups in total. The van der Waals surface area contributed by atoms with Crippen LogP contribution in [0.25, 0.3) is 0 Å². The van der Waals surface area contributed by atoms with E-state index >= 15 is 0 Å². The number of hydrogen-bond donors (Lipinski definition) is 2. The summed E-state index contributed by atoms with van der Waals surface area (Å²) in [5.41, 5.74) is 0.603. The number of ether oxygens (including phenoxy) is 1. The van der Waals surface area contributed by atoms with Gasteiger partial charge in [0.15, 0.2) is 5.75 Å². The van der Waals surface area contributed by atoms with E-state index in [0.29, 0.717) is 5.69 Å². The number of aromatic nitrogens is 1. The summed E-state index contributed by atoms with van der Waals surface area (Å²) in [5, 5.41) is 11.9. The number of carbonyl (C=O) groups excluding carboxylic acids is 1. The van der Waals surface area contributed by atoms with Crippen molar-refractivity contribution in [1.29, 1.82) is 0 Å². The van der Waals surface area contributed by atoms with E-state index in [9.17, 15) is 18.7 Å². The van der Waals surface area contributed by atoms with Crippen LogP contribution in [0, 0.1) is 0 Å². The van der Waals surface area contributed by atoms with Crippen molar-refractivity contribution in [3.8, 4) is 11.5 Å². The molecule has 122 valence electrons. The topological polar surface area (TPSA) is 71.5 Å². The molecule has 1 aromatic carbocycles. The first kappa shape index (κ1) is 17.2. The average molecular weight is 363 g/mol. The predicted molar refractivity (Wildman–Crippen MR) is 80.2 cm³/mol. The van der Waals surface area contributed by atoms with Crippen LogP contribution in [-0.2, 0) is 6.54 Å². The van der Waals surface area contributed by atoms with Crippen molar-refractivity contribution in [3.05, 3.63) is 51.8 Å². The maximum Gasteiger partial charge on any atom is 0.387 e. The number of rotatable bonds is 5. The Balaban J connectivity index is 1.99. The molecule has 0 radical (unpaired) electrons. The number of nitrogens with one attached hydrogen (secondary N) is 1. The molecule has 0 fully saturated rings. The molecule has 0 bridgehead atoms. The van der Waals surface area contributed by atoms with E-state index in [-0.39, 0.29) is 33.7 Å². The number of amides is 1. The summed E-state index contributed by atoms with van der Waals surface area (Å²) < 4.78 is 28.2. The van der Waals surface area contributed by atoms with Gasteiger partial charge in [0.1, 0.15) is 5.75 Å². The minimum Gasteiger partial charge on any atom is -0.505 e. The highest BCUT2D eigenvalue weighted by molar-refractivity contribution is 6.37. The van der Waals surface area contributed by atoms with Crippen LogP contribution in [0.4, 0.5) is 8.78 Å². The average Bonchev–Trinajstić information content (AvgIpc) is 2.50. The van der Waals surface area contributed by atoms with E-state index in [1.165, 1.54) is 24.3 Å². The SMILES string of the molecule is O=C(NCc1ccc(OC(F)F)cn1)c1cc(Cl)c(O)c(Cl)c1. The van der Waals surface area contributed by atoms with Crippen LogP contribution >= 0.6 is 23.2 Å². The van der Waals surface area contributed by atoms with Gasteiger partial charge < -0.3 is 15.2 Å². The molecule has 0 saturated heterocycles. The highest BCUT2D eigenvalue weighted by Gasteiger charge is 2.12. The minimum atomic E-state index is -2.92. The van der Waals surface area contributed by atoms with Gasteiger partial charge in [-0.3, -0.25) is 9.78 Å². The second-order valence-electron chi connectivity index (χ2n) is 4.33. The molecule has 2 aromatic rings. The quantitative estimate of drug-likeness (QED) is 0.851. The maximum atomic E-state index is 12.0. The molecule has 9 heteroatoms. The zero-order valence-corrected chi connectivity index (χ0v) is 12.9. The van der Waals surface area contributed by atoms with Crippen LogP contribution in [0.3, 0.4) is 0 Å². The third-order valence-corrected chi connectivity index (χ3v) is 3.31. The predicted octanol–water partition coefficient (Wildman–Crippen LogP) is 3.63. The first-order valence-corrected chi connectivity index (χ1v) is 6.98. The van der Waals surface area contributed by atoms with E-state index in [0.717, 1.165) is 6.20 Å². The Morgan fingerprint density at radius 1 is 1.30 bits per heavy atom. The number of alkyl halides is 2. The van der Waals surface area contributed by atoms with Crippen molar-refractivity contribution >= 4 is 29.1 Å².